The highest BCUT2D eigenvalue weighted by Crippen LogP contribution is 2.27. The van der Waals surface area contributed by atoms with Crippen LogP contribution in [0.15, 0.2) is 27.6 Å². The summed E-state index contributed by atoms with van der Waals surface area (Å²) in [4.78, 5) is 28.8. The van der Waals surface area contributed by atoms with E-state index < -0.39 is 5.54 Å². The summed E-state index contributed by atoms with van der Waals surface area (Å²) >= 11 is 7.70. The van der Waals surface area contributed by atoms with Gasteiger partial charge in [0.2, 0.25) is 5.91 Å². The number of nitrogens with zero attached hydrogens (tertiary/aromatic N) is 2. The molecule has 0 spiro atoms. The van der Waals surface area contributed by atoms with Crippen molar-refractivity contribution in [3.05, 3.63) is 28.2 Å². The van der Waals surface area contributed by atoms with Gasteiger partial charge in [-0.3, -0.25) is 9.59 Å². The number of carbonyl (C=O) groups is 2. The van der Waals surface area contributed by atoms with E-state index in [1.54, 1.807) is 48.9 Å². The SMILES string of the molecule is CN1CCN(C(=O)c2ccc(Br)cc2S)C(C)(C)C1=O. The third kappa shape index (κ3) is 2.59. The third-order valence-electron chi connectivity index (χ3n) is 3.64. The number of amides is 2. The lowest BCUT2D eigenvalue weighted by atomic mass is 9.96. The summed E-state index contributed by atoms with van der Waals surface area (Å²) < 4.78 is 0.868. The molecule has 20 heavy (non-hydrogen) atoms. The summed E-state index contributed by atoms with van der Waals surface area (Å²) in [5.41, 5.74) is -0.320. The Hall–Kier alpha value is -1.01. The number of piperazine rings is 1. The van der Waals surface area contributed by atoms with E-state index >= 15 is 0 Å². The van der Waals surface area contributed by atoms with E-state index in [1.807, 2.05) is 0 Å². The van der Waals surface area contributed by atoms with Crippen LogP contribution in [-0.2, 0) is 4.79 Å². The van der Waals surface area contributed by atoms with E-state index in [4.69, 9.17) is 0 Å². The second-order valence-corrected chi connectivity index (χ2v) is 6.80. The highest BCUT2D eigenvalue weighted by atomic mass is 79.9. The monoisotopic (exact) mass is 356 g/mol. The molecule has 108 valence electrons. The molecule has 1 aliphatic rings. The Balaban J connectivity index is 2.35. The molecule has 2 rings (SSSR count). The minimum atomic E-state index is -0.836. The van der Waals surface area contributed by atoms with Crippen LogP contribution in [0.5, 0.6) is 0 Å². The average molecular weight is 357 g/mol. The van der Waals surface area contributed by atoms with Gasteiger partial charge in [-0.1, -0.05) is 15.9 Å². The molecule has 1 aliphatic heterocycles. The van der Waals surface area contributed by atoms with Crippen LogP contribution < -0.4 is 0 Å². The first-order valence-electron chi connectivity index (χ1n) is 6.31. The van der Waals surface area contributed by atoms with Crippen molar-refractivity contribution in [1.82, 2.24) is 9.80 Å². The number of likely N-dealkylation sites (N-methyl/N-ethyl adjacent to an activating group) is 1. The first-order valence-corrected chi connectivity index (χ1v) is 7.55. The number of carbonyl (C=O) groups excluding carboxylic acids is 2. The average Bonchev–Trinajstić information content (AvgIpc) is 2.35. The van der Waals surface area contributed by atoms with E-state index in [0.717, 1.165) is 4.47 Å². The summed E-state index contributed by atoms with van der Waals surface area (Å²) in [6.45, 7) is 4.63. The van der Waals surface area contributed by atoms with Crippen molar-refractivity contribution in [2.24, 2.45) is 0 Å². The smallest absolute Gasteiger partial charge is 0.255 e. The predicted molar refractivity (Wildman–Crippen MR) is 84.1 cm³/mol. The van der Waals surface area contributed by atoms with Crippen LogP contribution in [0, 0.1) is 0 Å². The minimum absolute atomic E-state index is 0.0464. The second kappa shape index (κ2) is 5.41. The Bertz CT molecular complexity index is 574. The quantitative estimate of drug-likeness (QED) is 0.785. The van der Waals surface area contributed by atoms with E-state index in [2.05, 4.69) is 28.6 Å². The number of halogens is 1. The predicted octanol–water partition coefficient (Wildman–Crippen LogP) is 2.43. The number of hydrogen-bond acceptors (Lipinski definition) is 3. The Kier molecular flexibility index (Phi) is 4.16. The lowest BCUT2D eigenvalue weighted by Crippen LogP contribution is -2.63. The van der Waals surface area contributed by atoms with Gasteiger partial charge in [0.1, 0.15) is 5.54 Å². The fraction of sp³-hybridized carbons (Fsp3) is 0.429. The van der Waals surface area contributed by atoms with Crippen molar-refractivity contribution in [1.29, 1.82) is 0 Å². The fourth-order valence-corrected chi connectivity index (χ4v) is 3.25. The molecule has 6 heteroatoms. The molecule has 0 bridgehead atoms. The summed E-state index contributed by atoms with van der Waals surface area (Å²) in [6, 6.07) is 5.31. The topological polar surface area (TPSA) is 40.6 Å². The van der Waals surface area contributed by atoms with Gasteiger partial charge in [0, 0.05) is 29.5 Å². The van der Waals surface area contributed by atoms with Crippen molar-refractivity contribution >= 4 is 40.4 Å². The second-order valence-electron chi connectivity index (χ2n) is 5.40. The van der Waals surface area contributed by atoms with Crippen LogP contribution in [0.1, 0.15) is 24.2 Å². The minimum Gasteiger partial charge on any atom is -0.342 e. The van der Waals surface area contributed by atoms with Gasteiger partial charge in [-0.05, 0) is 32.0 Å². The summed E-state index contributed by atoms with van der Waals surface area (Å²) in [5, 5.41) is 0. The van der Waals surface area contributed by atoms with E-state index in [0.29, 0.717) is 23.5 Å². The highest BCUT2D eigenvalue weighted by Gasteiger charge is 2.43. The molecule has 0 unspecified atom stereocenters. The standard InChI is InChI=1S/C14H17BrN2O2S/c1-14(2)13(19)16(3)6-7-17(14)12(18)10-5-4-9(15)8-11(10)20/h4-5,8,20H,6-7H2,1-3H3. The third-order valence-corrected chi connectivity index (χ3v) is 4.50. The summed E-state index contributed by atoms with van der Waals surface area (Å²) in [5.74, 6) is -0.205. The Morgan fingerprint density at radius 1 is 1.35 bits per heavy atom. The van der Waals surface area contributed by atoms with Gasteiger partial charge < -0.3 is 9.80 Å². The van der Waals surface area contributed by atoms with Crippen LogP contribution in [0.2, 0.25) is 0 Å². The maximum atomic E-state index is 12.7. The van der Waals surface area contributed by atoms with Crippen LogP contribution in [0.4, 0.5) is 0 Å². The van der Waals surface area contributed by atoms with Crippen LogP contribution in [0.3, 0.4) is 0 Å². The molecular formula is C14H17BrN2O2S. The molecular weight excluding hydrogens is 340 g/mol. The van der Waals surface area contributed by atoms with Crippen LogP contribution >= 0.6 is 28.6 Å². The van der Waals surface area contributed by atoms with Gasteiger partial charge in [0.05, 0.1) is 5.56 Å². The van der Waals surface area contributed by atoms with Crippen molar-refractivity contribution < 1.29 is 9.59 Å². The molecule has 1 fully saturated rings. The molecule has 0 radical (unpaired) electrons. The van der Waals surface area contributed by atoms with Gasteiger partial charge in [0.15, 0.2) is 0 Å². The first kappa shape index (κ1) is 15.4. The molecule has 1 aromatic rings. The lowest BCUT2D eigenvalue weighted by molar-refractivity contribution is -0.144. The summed E-state index contributed by atoms with van der Waals surface area (Å²) in [6.07, 6.45) is 0. The van der Waals surface area contributed by atoms with Gasteiger partial charge in [0.25, 0.3) is 5.91 Å². The van der Waals surface area contributed by atoms with Crippen molar-refractivity contribution in [3.8, 4) is 0 Å². The zero-order valence-corrected chi connectivity index (χ0v) is 14.2. The number of thiol groups is 1. The molecule has 0 N–H and O–H groups in total. The fourth-order valence-electron chi connectivity index (χ4n) is 2.40. The molecule has 1 saturated heterocycles. The molecule has 0 aromatic heterocycles. The number of benzene rings is 1. The highest BCUT2D eigenvalue weighted by molar-refractivity contribution is 9.10. The van der Waals surface area contributed by atoms with E-state index in [1.165, 1.54) is 0 Å². The van der Waals surface area contributed by atoms with E-state index in [-0.39, 0.29) is 11.8 Å². The zero-order valence-electron chi connectivity index (χ0n) is 11.7. The molecule has 1 aromatic carbocycles. The van der Waals surface area contributed by atoms with Gasteiger partial charge in [-0.15, -0.1) is 12.6 Å². The van der Waals surface area contributed by atoms with Gasteiger partial charge >= 0.3 is 0 Å². The molecule has 0 saturated carbocycles. The Morgan fingerprint density at radius 3 is 2.60 bits per heavy atom. The van der Waals surface area contributed by atoms with Crippen LogP contribution in [0.25, 0.3) is 0 Å². The molecule has 0 aliphatic carbocycles. The zero-order chi connectivity index (χ0) is 15.1. The van der Waals surface area contributed by atoms with Crippen molar-refractivity contribution in [2.45, 2.75) is 24.3 Å². The largest absolute Gasteiger partial charge is 0.342 e. The van der Waals surface area contributed by atoms with E-state index in [9.17, 15) is 9.59 Å². The molecule has 0 atom stereocenters. The van der Waals surface area contributed by atoms with Gasteiger partial charge in [-0.25, -0.2) is 0 Å². The van der Waals surface area contributed by atoms with Crippen molar-refractivity contribution in [2.75, 3.05) is 20.1 Å². The number of hydrogen-bond donors (Lipinski definition) is 1. The van der Waals surface area contributed by atoms with Crippen LogP contribution in [-0.4, -0.2) is 47.3 Å². The molecule has 4 nitrogen and oxygen atoms in total. The molecule has 2 amide bonds. The molecule has 1 heterocycles. The normalized spacial score (nSPS) is 18.4. The number of rotatable bonds is 1. The van der Waals surface area contributed by atoms with Crippen molar-refractivity contribution in [3.63, 3.8) is 0 Å². The Morgan fingerprint density at radius 2 is 2.00 bits per heavy atom. The Labute approximate surface area is 132 Å². The lowest BCUT2D eigenvalue weighted by Gasteiger charge is -2.44. The maximum absolute atomic E-state index is 12.7. The first-order chi connectivity index (χ1) is 9.25. The van der Waals surface area contributed by atoms with Gasteiger partial charge in [-0.2, -0.15) is 0 Å². The summed E-state index contributed by atoms with van der Waals surface area (Å²) in [7, 11) is 1.76. The maximum Gasteiger partial charge on any atom is 0.255 e.